The van der Waals surface area contributed by atoms with Gasteiger partial charge in [0, 0.05) is 13.2 Å². The van der Waals surface area contributed by atoms with Crippen LogP contribution in [0.15, 0.2) is 23.4 Å². The quantitative estimate of drug-likeness (QED) is 0.923. The number of halogens is 1. The molecule has 8 heteroatoms. The fraction of sp³-hybridized carbons (Fsp3) is 0.273. The van der Waals surface area contributed by atoms with Crippen LogP contribution in [0.25, 0.3) is 0 Å². The summed E-state index contributed by atoms with van der Waals surface area (Å²) < 4.78 is 26.0. The number of aryl methyl sites for hydroxylation is 2. The molecule has 0 aromatic carbocycles. The highest BCUT2D eigenvalue weighted by molar-refractivity contribution is 7.90. The van der Waals surface area contributed by atoms with Gasteiger partial charge in [-0.1, -0.05) is 11.6 Å². The first kappa shape index (κ1) is 13.8. The van der Waals surface area contributed by atoms with Crippen molar-refractivity contribution in [3.05, 3.63) is 34.7 Å². The summed E-state index contributed by atoms with van der Waals surface area (Å²) in [7, 11) is -2.01. The Morgan fingerprint density at radius 1 is 1.47 bits per heavy atom. The van der Waals surface area contributed by atoms with E-state index in [1.54, 1.807) is 20.0 Å². The van der Waals surface area contributed by atoms with Gasteiger partial charge < -0.3 is 5.73 Å². The Hall–Kier alpha value is -1.60. The van der Waals surface area contributed by atoms with Gasteiger partial charge in [0.05, 0.1) is 27.9 Å². The molecule has 102 valence electrons. The van der Waals surface area contributed by atoms with Crippen LogP contribution in [-0.4, -0.2) is 23.2 Å². The van der Waals surface area contributed by atoms with E-state index in [0.717, 1.165) is 0 Å². The Kier molecular flexibility index (Phi) is 3.51. The molecule has 0 bridgehead atoms. The lowest BCUT2D eigenvalue weighted by Gasteiger charge is -2.06. The molecule has 0 atom stereocenters. The van der Waals surface area contributed by atoms with Crippen LogP contribution in [-0.2, 0) is 22.6 Å². The summed E-state index contributed by atoms with van der Waals surface area (Å²) in [5, 5.41) is 4.29. The third kappa shape index (κ3) is 2.57. The molecule has 2 heterocycles. The van der Waals surface area contributed by atoms with E-state index in [1.807, 2.05) is 0 Å². The van der Waals surface area contributed by atoms with Crippen LogP contribution < -0.4 is 5.73 Å². The zero-order chi connectivity index (χ0) is 14.2. The smallest absolute Gasteiger partial charge is 0.203 e. The highest BCUT2D eigenvalue weighted by Crippen LogP contribution is 2.25. The van der Waals surface area contributed by atoms with Crippen LogP contribution in [0.2, 0.25) is 5.02 Å². The van der Waals surface area contributed by atoms with Gasteiger partial charge in [0.2, 0.25) is 9.84 Å². The zero-order valence-corrected chi connectivity index (χ0v) is 12.0. The van der Waals surface area contributed by atoms with E-state index in [4.69, 9.17) is 17.3 Å². The first-order valence-corrected chi connectivity index (χ1v) is 7.47. The first-order chi connectivity index (χ1) is 8.83. The van der Waals surface area contributed by atoms with Crippen LogP contribution in [0, 0.1) is 6.92 Å². The monoisotopic (exact) mass is 300 g/mol. The van der Waals surface area contributed by atoms with Gasteiger partial charge in [-0.2, -0.15) is 5.10 Å². The third-order valence-corrected chi connectivity index (χ3v) is 4.76. The summed E-state index contributed by atoms with van der Waals surface area (Å²) in [6, 6.07) is 3.07. The van der Waals surface area contributed by atoms with E-state index in [1.165, 1.54) is 16.9 Å². The van der Waals surface area contributed by atoms with Gasteiger partial charge in [-0.25, -0.2) is 13.4 Å². The van der Waals surface area contributed by atoms with Crippen molar-refractivity contribution in [3.8, 4) is 0 Å². The van der Waals surface area contributed by atoms with Crippen LogP contribution in [0.1, 0.15) is 11.4 Å². The Bertz CT molecular complexity index is 724. The molecule has 2 rings (SSSR count). The Balaban J connectivity index is 2.46. The average molecular weight is 301 g/mol. The maximum atomic E-state index is 12.3. The summed E-state index contributed by atoms with van der Waals surface area (Å²) in [5.74, 6) is -0.287. The lowest BCUT2D eigenvalue weighted by Crippen LogP contribution is -2.12. The Morgan fingerprint density at radius 3 is 2.68 bits per heavy atom. The molecule has 2 aromatic rings. The van der Waals surface area contributed by atoms with E-state index >= 15 is 0 Å². The normalized spacial score (nSPS) is 11.7. The Labute approximate surface area is 116 Å². The maximum absolute atomic E-state index is 12.3. The summed E-state index contributed by atoms with van der Waals surface area (Å²) in [4.78, 5) is 3.83. The van der Waals surface area contributed by atoms with Gasteiger partial charge in [0.25, 0.3) is 0 Å². The van der Waals surface area contributed by atoms with Gasteiger partial charge in [-0.3, -0.25) is 4.68 Å². The number of rotatable bonds is 3. The summed E-state index contributed by atoms with van der Waals surface area (Å²) in [6.45, 7) is 1.72. The molecule has 2 N–H and O–H groups in total. The number of sulfone groups is 1. The Morgan fingerprint density at radius 2 is 2.16 bits per heavy atom. The molecule has 0 saturated heterocycles. The highest BCUT2D eigenvalue weighted by Gasteiger charge is 2.24. The summed E-state index contributed by atoms with van der Waals surface area (Å²) in [5.41, 5.74) is 6.77. The van der Waals surface area contributed by atoms with Crippen molar-refractivity contribution in [2.75, 3.05) is 5.73 Å². The lowest BCUT2D eigenvalue weighted by atomic mass is 10.4. The molecule has 0 fully saturated rings. The first-order valence-electron chi connectivity index (χ1n) is 5.44. The number of anilines is 1. The molecule has 0 aliphatic rings. The van der Waals surface area contributed by atoms with Crippen molar-refractivity contribution in [1.29, 1.82) is 0 Å². The molecule has 0 saturated carbocycles. The lowest BCUT2D eigenvalue weighted by molar-refractivity contribution is 0.588. The number of hydrogen-bond acceptors (Lipinski definition) is 5. The molecular weight excluding hydrogens is 288 g/mol. The van der Waals surface area contributed by atoms with Crippen LogP contribution >= 0.6 is 11.6 Å². The van der Waals surface area contributed by atoms with E-state index < -0.39 is 9.84 Å². The summed E-state index contributed by atoms with van der Waals surface area (Å²) >= 11 is 6.05. The summed E-state index contributed by atoms with van der Waals surface area (Å²) in [6.07, 6.45) is 1.39. The number of nitrogen functional groups attached to an aromatic ring is 1. The van der Waals surface area contributed by atoms with Crippen molar-refractivity contribution in [2.45, 2.75) is 17.7 Å². The molecule has 0 amide bonds. The fourth-order valence-electron chi connectivity index (χ4n) is 1.75. The molecule has 6 nitrogen and oxygen atoms in total. The van der Waals surface area contributed by atoms with Crippen molar-refractivity contribution < 1.29 is 8.42 Å². The van der Waals surface area contributed by atoms with Gasteiger partial charge in [0.15, 0.2) is 5.03 Å². The second kappa shape index (κ2) is 4.82. The molecule has 0 radical (unpaired) electrons. The molecule has 2 aromatic heterocycles. The maximum Gasteiger partial charge on any atom is 0.203 e. The van der Waals surface area contributed by atoms with Gasteiger partial charge in [-0.15, -0.1) is 0 Å². The fourth-order valence-corrected chi connectivity index (χ4v) is 3.53. The molecule has 19 heavy (non-hydrogen) atoms. The van der Waals surface area contributed by atoms with E-state index in [-0.39, 0.29) is 16.5 Å². The standard InChI is InChI=1S/C11H13ClN4O2S/c1-7-10(12)9(16(2)15-7)6-19(17,18)11-8(13)4-3-5-14-11/h3-5H,6,13H2,1-2H3. The molecular formula is C11H13ClN4O2S. The van der Waals surface area contributed by atoms with Crippen molar-refractivity contribution in [2.24, 2.45) is 7.05 Å². The number of aromatic nitrogens is 3. The minimum Gasteiger partial charge on any atom is -0.396 e. The predicted molar refractivity (Wildman–Crippen MR) is 72.5 cm³/mol. The van der Waals surface area contributed by atoms with Gasteiger partial charge >= 0.3 is 0 Å². The second-order valence-electron chi connectivity index (χ2n) is 4.13. The van der Waals surface area contributed by atoms with Crippen molar-refractivity contribution >= 4 is 27.1 Å². The minimum absolute atomic E-state index is 0.123. The van der Waals surface area contributed by atoms with Gasteiger partial charge in [0.1, 0.15) is 0 Å². The van der Waals surface area contributed by atoms with E-state index in [2.05, 4.69) is 10.1 Å². The molecule has 0 unspecified atom stereocenters. The van der Waals surface area contributed by atoms with Crippen molar-refractivity contribution in [3.63, 3.8) is 0 Å². The SMILES string of the molecule is Cc1nn(C)c(CS(=O)(=O)c2ncccc2N)c1Cl. The highest BCUT2D eigenvalue weighted by atomic mass is 35.5. The zero-order valence-electron chi connectivity index (χ0n) is 10.5. The number of hydrogen-bond donors (Lipinski definition) is 1. The number of nitrogens with two attached hydrogens (primary N) is 1. The topological polar surface area (TPSA) is 90.9 Å². The third-order valence-electron chi connectivity index (χ3n) is 2.68. The van der Waals surface area contributed by atoms with Gasteiger partial charge in [-0.05, 0) is 19.1 Å². The average Bonchev–Trinajstić information content (AvgIpc) is 2.56. The molecule has 0 aliphatic carbocycles. The van der Waals surface area contributed by atoms with Crippen LogP contribution in [0.5, 0.6) is 0 Å². The van der Waals surface area contributed by atoms with Crippen LogP contribution in [0.4, 0.5) is 5.69 Å². The van der Waals surface area contributed by atoms with E-state index in [9.17, 15) is 8.42 Å². The minimum atomic E-state index is -3.66. The van der Waals surface area contributed by atoms with Crippen LogP contribution in [0.3, 0.4) is 0 Å². The second-order valence-corrected chi connectivity index (χ2v) is 6.41. The molecule has 0 aliphatic heterocycles. The largest absolute Gasteiger partial charge is 0.396 e. The van der Waals surface area contributed by atoms with E-state index in [0.29, 0.717) is 16.4 Å². The predicted octanol–water partition coefficient (Wildman–Crippen LogP) is 1.33. The molecule has 0 spiro atoms. The number of nitrogens with zero attached hydrogens (tertiary/aromatic N) is 3. The van der Waals surface area contributed by atoms with Crippen molar-refractivity contribution in [1.82, 2.24) is 14.8 Å². The number of pyridine rings is 1.